The van der Waals surface area contributed by atoms with Crippen molar-refractivity contribution in [3.63, 3.8) is 0 Å². The van der Waals surface area contributed by atoms with Gasteiger partial charge in [-0.1, -0.05) is 198 Å². The van der Waals surface area contributed by atoms with Crippen molar-refractivity contribution in [2.45, 2.75) is 45.4 Å². The van der Waals surface area contributed by atoms with Crippen molar-refractivity contribution >= 4 is 60.9 Å². The summed E-state index contributed by atoms with van der Waals surface area (Å²) in [5.74, 6) is 0. The monoisotopic (exact) mass is 901 g/mol. The number of hydrogen-bond donors (Lipinski definition) is 0. The lowest BCUT2D eigenvalue weighted by molar-refractivity contribution is 0.590. The summed E-state index contributed by atoms with van der Waals surface area (Å²) in [5.41, 5.74) is 22.6. The van der Waals surface area contributed by atoms with E-state index in [4.69, 9.17) is 8.83 Å². The molecule has 1 aliphatic rings. The number of benzene rings is 10. The van der Waals surface area contributed by atoms with Crippen molar-refractivity contribution in [3.8, 4) is 55.6 Å². The third kappa shape index (κ3) is 6.71. The summed E-state index contributed by atoms with van der Waals surface area (Å²) in [7, 11) is 0. The van der Waals surface area contributed by atoms with Crippen LogP contribution in [-0.4, -0.2) is 0 Å². The summed E-state index contributed by atoms with van der Waals surface area (Å²) in [6, 6.07) is 79.5. The van der Waals surface area contributed by atoms with Crippen molar-refractivity contribution in [2.75, 3.05) is 4.90 Å². The van der Waals surface area contributed by atoms with E-state index in [0.29, 0.717) is 0 Å². The molecule has 0 radical (unpaired) electrons. The fraction of sp³-hybridized carbons (Fsp3) is 0.104. The normalized spacial score (nSPS) is 13.0. The van der Waals surface area contributed by atoms with Crippen LogP contribution >= 0.6 is 0 Å². The predicted octanol–water partition coefficient (Wildman–Crippen LogP) is 19.2. The number of hydrogen-bond acceptors (Lipinski definition) is 3. The van der Waals surface area contributed by atoms with Crippen molar-refractivity contribution in [3.05, 3.63) is 235 Å². The van der Waals surface area contributed by atoms with E-state index in [1.807, 2.05) is 24.3 Å². The molecule has 0 spiro atoms. The van der Waals surface area contributed by atoms with Gasteiger partial charge in [0.2, 0.25) is 0 Å². The summed E-state index contributed by atoms with van der Waals surface area (Å²) in [4.78, 5) is 2.40. The van der Waals surface area contributed by atoms with Gasteiger partial charge in [-0.25, -0.2) is 0 Å². The average molecular weight is 902 g/mol. The number of nitrogens with zero attached hydrogens (tertiary/aromatic N) is 1. The first-order valence-electron chi connectivity index (χ1n) is 24.4. The molecule has 0 N–H and O–H groups in total. The van der Waals surface area contributed by atoms with Gasteiger partial charge >= 0.3 is 0 Å². The molecule has 0 fully saturated rings. The third-order valence-electron chi connectivity index (χ3n) is 14.9. The molecule has 0 atom stereocenters. The highest BCUT2D eigenvalue weighted by Gasteiger charge is 2.36. The Morgan fingerprint density at radius 1 is 0.357 bits per heavy atom. The highest BCUT2D eigenvalue weighted by molar-refractivity contribution is 6.11. The highest BCUT2D eigenvalue weighted by atomic mass is 16.3. The predicted molar refractivity (Wildman–Crippen MR) is 294 cm³/mol. The second-order valence-corrected chi connectivity index (χ2v) is 20.5. The van der Waals surface area contributed by atoms with Gasteiger partial charge < -0.3 is 13.7 Å². The highest BCUT2D eigenvalue weighted by Crippen LogP contribution is 2.52. The van der Waals surface area contributed by atoms with Crippen molar-refractivity contribution in [1.82, 2.24) is 0 Å². The molecule has 10 aromatic carbocycles. The molecule has 0 amide bonds. The van der Waals surface area contributed by atoms with Crippen LogP contribution in [0.2, 0.25) is 0 Å². The van der Waals surface area contributed by atoms with Gasteiger partial charge in [0.1, 0.15) is 22.3 Å². The van der Waals surface area contributed by atoms with Crippen LogP contribution in [0.4, 0.5) is 17.1 Å². The van der Waals surface area contributed by atoms with Gasteiger partial charge in [-0.2, -0.15) is 0 Å². The molecule has 1 aliphatic carbocycles. The van der Waals surface area contributed by atoms with Crippen LogP contribution in [0.5, 0.6) is 0 Å². The number of anilines is 3. The Labute approximate surface area is 408 Å². The molecular formula is C67H51NO2. The molecular weight excluding hydrogens is 851 g/mol. The van der Waals surface area contributed by atoms with Crippen LogP contribution < -0.4 is 4.90 Å². The maximum Gasteiger partial charge on any atom is 0.143 e. The third-order valence-corrected chi connectivity index (χ3v) is 14.9. The van der Waals surface area contributed by atoms with E-state index < -0.39 is 0 Å². The SMILES string of the molecule is CC(C)(C)c1ccc(-c2ccc3c(c2)C(C)(C)c2ccc(-c4ccccc4N(c4ccc(-c5cccc6c5oc5ccccc56)cc4)c4ccc(-c5cccc6c5oc5ccccc56)cc4)cc2-3)cc1. The molecule has 0 bridgehead atoms. The lowest BCUT2D eigenvalue weighted by Gasteiger charge is -2.28. The molecule has 2 heterocycles. The molecule has 3 heteroatoms. The Balaban J connectivity index is 0.920. The quantitative estimate of drug-likeness (QED) is 0.160. The second kappa shape index (κ2) is 15.8. The molecule has 2 aromatic heterocycles. The molecule has 0 saturated carbocycles. The maximum absolute atomic E-state index is 6.50. The van der Waals surface area contributed by atoms with E-state index in [1.54, 1.807) is 0 Å². The van der Waals surface area contributed by atoms with Crippen molar-refractivity contribution < 1.29 is 8.83 Å². The van der Waals surface area contributed by atoms with E-state index in [-0.39, 0.29) is 10.8 Å². The van der Waals surface area contributed by atoms with Crippen LogP contribution in [0.25, 0.3) is 99.5 Å². The second-order valence-electron chi connectivity index (χ2n) is 20.5. The number of para-hydroxylation sites is 5. The molecule has 13 rings (SSSR count). The smallest absolute Gasteiger partial charge is 0.143 e. The maximum atomic E-state index is 6.50. The topological polar surface area (TPSA) is 29.5 Å². The van der Waals surface area contributed by atoms with Crippen LogP contribution in [0.1, 0.15) is 51.3 Å². The minimum Gasteiger partial charge on any atom is -0.455 e. The Morgan fingerprint density at radius 3 is 1.43 bits per heavy atom. The lowest BCUT2D eigenvalue weighted by atomic mass is 9.81. The van der Waals surface area contributed by atoms with Gasteiger partial charge in [0.15, 0.2) is 0 Å². The molecule has 0 saturated heterocycles. The zero-order valence-corrected chi connectivity index (χ0v) is 40.0. The first kappa shape index (κ1) is 41.8. The summed E-state index contributed by atoms with van der Waals surface area (Å²) < 4.78 is 13.0. The lowest BCUT2D eigenvalue weighted by Crippen LogP contribution is -2.15. The number of fused-ring (bicyclic) bond motifs is 9. The molecule has 12 aromatic rings. The largest absolute Gasteiger partial charge is 0.455 e. The zero-order valence-electron chi connectivity index (χ0n) is 40.0. The molecule has 0 aliphatic heterocycles. The Hall–Kier alpha value is -8.40. The molecule has 70 heavy (non-hydrogen) atoms. The van der Waals surface area contributed by atoms with Crippen LogP contribution in [0.3, 0.4) is 0 Å². The van der Waals surface area contributed by atoms with Gasteiger partial charge in [-0.15, -0.1) is 0 Å². The first-order valence-corrected chi connectivity index (χ1v) is 24.4. The van der Waals surface area contributed by atoms with Gasteiger partial charge in [0.25, 0.3) is 0 Å². The van der Waals surface area contributed by atoms with Crippen molar-refractivity contribution in [1.29, 1.82) is 0 Å². The minimum atomic E-state index is -0.154. The molecule has 336 valence electrons. The van der Waals surface area contributed by atoms with Crippen LogP contribution in [-0.2, 0) is 10.8 Å². The number of furan rings is 2. The van der Waals surface area contributed by atoms with Gasteiger partial charge in [-0.3, -0.25) is 0 Å². The van der Waals surface area contributed by atoms with Gasteiger partial charge in [-0.05, 0) is 116 Å². The summed E-state index contributed by atoms with van der Waals surface area (Å²) in [6.45, 7) is 11.6. The van der Waals surface area contributed by atoms with Crippen LogP contribution in [0.15, 0.2) is 227 Å². The van der Waals surface area contributed by atoms with E-state index in [9.17, 15) is 0 Å². The van der Waals surface area contributed by atoms with E-state index >= 15 is 0 Å². The summed E-state index contributed by atoms with van der Waals surface area (Å²) >= 11 is 0. The summed E-state index contributed by atoms with van der Waals surface area (Å²) in [5, 5.41) is 4.50. The standard InChI is InChI=1S/C67H51NO2/c1-66(2,3)47-32-24-42(25-33-47)45-30-38-53-58-40-46(31-39-59(58)67(4,5)60(53)41-45)50-14-6-9-21-61(50)68(48-34-26-43(27-35-48)51-17-12-19-56-54-15-7-10-22-62(54)69-64(51)56)49-36-28-44(29-37-49)52-18-13-20-57-55-16-8-11-23-63(55)70-65(52)57/h6-41H,1-5H3. The molecule has 3 nitrogen and oxygen atoms in total. The Bertz CT molecular complexity index is 3830. The molecule has 0 unspecified atom stereocenters. The fourth-order valence-electron chi connectivity index (χ4n) is 11.1. The van der Waals surface area contributed by atoms with E-state index in [1.165, 1.54) is 44.5 Å². The van der Waals surface area contributed by atoms with Crippen LogP contribution in [0, 0.1) is 0 Å². The Kier molecular flexibility index (Phi) is 9.45. The van der Waals surface area contributed by atoms with Gasteiger partial charge in [0, 0.05) is 55.0 Å². The minimum absolute atomic E-state index is 0.113. The van der Waals surface area contributed by atoms with E-state index in [2.05, 4.69) is 234 Å². The van der Waals surface area contributed by atoms with Crippen molar-refractivity contribution in [2.24, 2.45) is 0 Å². The fourth-order valence-corrected chi connectivity index (χ4v) is 11.1. The van der Waals surface area contributed by atoms with Gasteiger partial charge in [0.05, 0.1) is 5.69 Å². The summed E-state index contributed by atoms with van der Waals surface area (Å²) in [6.07, 6.45) is 0. The zero-order chi connectivity index (χ0) is 47.3. The Morgan fingerprint density at radius 2 is 0.843 bits per heavy atom. The average Bonchev–Trinajstić information content (AvgIpc) is 4.04. The van der Waals surface area contributed by atoms with E-state index in [0.717, 1.165) is 88.8 Å². The number of rotatable bonds is 7. The first-order chi connectivity index (χ1) is 34.1.